The highest BCUT2D eigenvalue weighted by molar-refractivity contribution is 7.80. The Bertz CT molecular complexity index is 201. The Morgan fingerprint density at radius 1 is 0.909 bits per heavy atom. The SMILES string of the molecule is C[P+](C)(C)c1ccccc1.[I-]. The Hall–Kier alpha value is 0.380. The minimum Gasteiger partial charge on any atom is -1.00 e. The van der Waals surface area contributed by atoms with Crippen LogP contribution in [0.1, 0.15) is 0 Å². The van der Waals surface area contributed by atoms with Gasteiger partial charge in [0.2, 0.25) is 0 Å². The maximum Gasteiger partial charge on any atom is 0.0930 e. The highest BCUT2D eigenvalue weighted by Crippen LogP contribution is 2.44. The number of benzene rings is 1. The van der Waals surface area contributed by atoms with Crippen LogP contribution in [0.5, 0.6) is 0 Å². The summed E-state index contributed by atoms with van der Waals surface area (Å²) < 4.78 is 0. The Labute approximate surface area is 86.8 Å². The van der Waals surface area contributed by atoms with Crippen LogP contribution in [0.2, 0.25) is 0 Å². The molecule has 1 aromatic rings. The normalized spacial score (nSPS) is 10.5. The molecule has 0 nitrogen and oxygen atoms in total. The summed E-state index contributed by atoms with van der Waals surface area (Å²) in [6, 6.07) is 10.7. The van der Waals surface area contributed by atoms with Gasteiger partial charge in [-0.05, 0) is 12.1 Å². The molecule has 0 fully saturated rings. The summed E-state index contributed by atoms with van der Waals surface area (Å²) in [6.45, 7) is 7.01. The largest absolute Gasteiger partial charge is 1.00 e. The van der Waals surface area contributed by atoms with Crippen LogP contribution in [-0.2, 0) is 0 Å². The number of rotatable bonds is 1. The van der Waals surface area contributed by atoms with Crippen molar-refractivity contribution in [2.75, 3.05) is 20.0 Å². The quantitative estimate of drug-likeness (QED) is 0.468. The number of hydrogen-bond acceptors (Lipinski definition) is 0. The third kappa shape index (κ3) is 3.53. The fourth-order valence-corrected chi connectivity index (χ4v) is 1.94. The van der Waals surface area contributed by atoms with Crippen molar-refractivity contribution in [2.24, 2.45) is 0 Å². The third-order valence-corrected chi connectivity index (χ3v) is 3.38. The van der Waals surface area contributed by atoms with Crippen LogP contribution < -0.4 is 29.3 Å². The van der Waals surface area contributed by atoms with Crippen LogP contribution in [0.3, 0.4) is 0 Å². The smallest absolute Gasteiger partial charge is 0.0930 e. The van der Waals surface area contributed by atoms with Crippen molar-refractivity contribution in [3.63, 3.8) is 0 Å². The van der Waals surface area contributed by atoms with Crippen LogP contribution >= 0.6 is 7.26 Å². The topological polar surface area (TPSA) is 0 Å². The van der Waals surface area contributed by atoms with E-state index >= 15 is 0 Å². The number of halogens is 1. The molecule has 11 heavy (non-hydrogen) atoms. The first kappa shape index (κ1) is 11.4. The molecule has 0 saturated carbocycles. The van der Waals surface area contributed by atoms with Gasteiger partial charge < -0.3 is 24.0 Å². The Kier molecular flexibility index (Phi) is 4.57. The Morgan fingerprint density at radius 2 is 1.36 bits per heavy atom. The summed E-state index contributed by atoms with van der Waals surface area (Å²) in [7, 11) is -0.768. The molecule has 0 radical (unpaired) electrons. The maximum absolute atomic E-state index is 2.34. The lowest BCUT2D eigenvalue weighted by atomic mass is 10.4. The highest BCUT2D eigenvalue weighted by atomic mass is 127. The average Bonchev–Trinajstić information content (AvgIpc) is 1.88. The van der Waals surface area contributed by atoms with E-state index < -0.39 is 7.26 Å². The monoisotopic (exact) mass is 280 g/mol. The zero-order valence-electron chi connectivity index (χ0n) is 7.21. The average molecular weight is 280 g/mol. The third-order valence-electron chi connectivity index (χ3n) is 1.53. The van der Waals surface area contributed by atoms with Crippen LogP contribution in [0, 0.1) is 0 Å². The van der Waals surface area contributed by atoms with E-state index in [0.29, 0.717) is 0 Å². The van der Waals surface area contributed by atoms with E-state index in [1.807, 2.05) is 0 Å². The predicted molar refractivity (Wildman–Crippen MR) is 50.8 cm³/mol. The summed E-state index contributed by atoms with van der Waals surface area (Å²) in [4.78, 5) is 0. The lowest BCUT2D eigenvalue weighted by molar-refractivity contribution is -0.00000228. The first-order chi connectivity index (χ1) is 4.61. The van der Waals surface area contributed by atoms with Crippen molar-refractivity contribution in [1.82, 2.24) is 0 Å². The van der Waals surface area contributed by atoms with Gasteiger partial charge in [0.1, 0.15) is 0 Å². The van der Waals surface area contributed by atoms with Gasteiger partial charge in [0, 0.05) is 7.26 Å². The molecule has 0 bridgehead atoms. The molecule has 2 heteroatoms. The van der Waals surface area contributed by atoms with E-state index in [1.54, 1.807) is 0 Å². The second kappa shape index (κ2) is 4.42. The second-order valence-electron chi connectivity index (χ2n) is 3.35. The molecular weight excluding hydrogens is 266 g/mol. The fourth-order valence-electron chi connectivity index (χ4n) is 0.875. The van der Waals surface area contributed by atoms with E-state index in [0.717, 1.165) is 0 Å². The molecule has 0 atom stereocenters. The van der Waals surface area contributed by atoms with Crippen molar-refractivity contribution < 1.29 is 24.0 Å². The van der Waals surface area contributed by atoms with Gasteiger partial charge in [-0.1, -0.05) is 18.2 Å². The van der Waals surface area contributed by atoms with Crippen LogP contribution in [-0.4, -0.2) is 20.0 Å². The molecule has 0 saturated heterocycles. The lowest BCUT2D eigenvalue weighted by Gasteiger charge is -2.10. The van der Waals surface area contributed by atoms with Gasteiger partial charge in [0.25, 0.3) is 0 Å². The molecule has 1 aromatic carbocycles. The molecule has 0 N–H and O–H groups in total. The molecule has 0 spiro atoms. The van der Waals surface area contributed by atoms with Gasteiger partial charge in [0.05, 0.1) is 25.3 Å². The van der Waals surface area contributed by atoms with Crippen LogP contribution in [0.15, 0.2) is 30.3 Å². The first-order valence-corrected chi connectivity index (χ1v) is 6.61. The Balaban J connectivity index is 0.000001000. The maximum atomic E-state index is 2.34. The minimum atomic E-state index is -0.768. The predicted octanol–water partition coefficient (Wildman–Crippen LogP) is -0.777. The Morgan fingerprint density at radius 3 is 1.64 bits per heavy atom. The van der Waals surface area contributed by atoms with E-state index in [2.05, 4.69) is 50.3 Å². The van der Waals surface area contributed by atoms with Gasteiger partial charge in [0.15, 0.2) is 0 Å². The van der Waals surface area contributed by atoms with Crippen LogP contribution in [0.4, 0.5) is 0 Å². The van der Waals surface area contributed by atoms with Gasteiger partial charge >= 0.3 is 0 Å². The molecular formula is C9H14IP. The molecule has 0 aliphatic carbocycles. The van der Waals surface area contributed by atoms with Crippen LogP contribution in [0.25, 0.3) is 0 Å². The summed E-state index contributed by atoms with van der Waals surface area (Å²) >= 11 is 0. The van der Waals surface area contributed by atoms with Crippen molar-refractivity contribution in [3.8, 4) is 0 Å². The van der Waals surface area contributed by atoms with Gasteiger partial charge in [-0.3, -0.25) is 0 Å². The summed E-state index contributed by atoms with van der Waals surface area (Å²) in [6.07, 6.45) is 0. The minimum absolute atomic E-state index is 0. The van der Waals surface area contributed by atoms with Crippen molar-refractivity contribution >= 4 is 12.6 Å². The molecule has 1 rings (SSSR count). The first-order valence-electron chi connectivity index (χ1n) is 3.48. The molecule has 0 aliphatic rings. The lowest BCUT2D eigenvalue weighted by Crippen LogP contribution is -3.00. The van der Waals surface area contributed by atoms with E-state index in [-0.39, 0.29) is 24.0 Å². The van der Waals surface area contributed by atoms with Crippen molar-refractivity contribution in [1.29, 1.82) is 0 Å². The zero-order valence-corrected chi connectivity index (χ0v) is 10.3. The van der Waals surface area contributed by atoms with Gasteiger partial charge in [-0.15, -0.1) is 0 Å². The van der Waals surface area contributed by atoms with E-state index in [4.69, 9.17) is 0 Å². The van der Waals surface area contributed by atoms with Crippen molar-refractivity contribution in [3.05, 3.63) is 30.3 Å². The summed E-state index contributed by atoms with van der Waals surface area (Å²) in [5.41, 5.74) is 0. The fraction of sp³-hybridized carbons (Fsp3) is 0.333. The van der Waals surface area contributed by atoms with Crippen molar-refractivity contribution in [2.45, 2.75) is 0 Å². The zero-order chi connectivity index (χ0) is 7.61. The molecule has 0 aromatic heterocycles. The molecule has 0 aliphatic heterocycles. The molecule has 0 amide bonds. The molecule has 0 unspecified atom stereocenters. The standard InChI is InChI=1S/C9H14P.HI/c1-10(2,3)9-7-5-4-6-8-9;/h4-8H,1-3H3;1H/q+1;/p-1. The summed E-state index contributed by atoms with van der Waals surface area (Å²) in [5, 5.41) is 1.51. The molecule has 62 valence electrons. The summed E-state index contributed by atoms with van der Waals surface area (Å²) in [5.74, 6) is 0. The van der Waals surface area contributed by atoms with Gasteiger partial charge in [-0.2, -0.15) is 0 Å². The second-order valence-corrected chi connectivity index (χ2v) is 7.89. The van der Waals surface area contributed by atoms with Gasteiger partial charge in [-0.25, -0.2) is 0 Å². The highest BCUT2D eigenvalue weighted by Gasteiger charge is 2.19. The number of hydrogen-bond donors (Lipinski definition) is 0. The van der Waals surface area contributed by atoms with E-state index in [9.17, 15) is 0 Å². The molecule has 0 heterocycles. The van der Waals surface area contributed by atoms with E-state index in [1.165, 1.54) is 5.30 Å².